The SMILES string of the molecule is c1ccc(-c2ccc(N(c3ccc(-c4ccccc4)cc3)c3ccc(-c4ccc(-n5c6ccccc6c6ccc7ccoc7c65)cc4)cc3)cc2)cc1. The van der Waals surface area contributed by atoms with Crippen molar-refractivity contribution < 1.29 is 4.42 Å². The molecule has 0 spiro atoms. The van der Waals surface area contributed by atoms with E-state index in [1.54, 1.807) is 6.26 Å². The highest BCUT2D eigenvalue weighted by molar-refractivity contribution is 6.17. The Bertz CT molecular complexity index is 2750. The minimum atomic E-state index is 0.910. The summed E-state index contributed by atoms with van der Waals surface area (Å²) < 4.78 is 8.36. The monoisotopic (exact) mass is 678 g/mol. The van der Waals surface area contributed by atoms with Crippen molar-refractivity contribution >= 4 is 49.8 Å². The summed E-state index contributed by atoms with van der Waals surface area (Å²) in [6.45, 7) is 0. The summed E-state index contributed by atoms with van der Waals surface area (Å²) in [5.74, 6) is 0. The number of nitrogens with zero attached hydrogens (tertiary/aromatic N) is 2. The van der Waals surface area contributed by atoms with Crippen LogP contribution in [0.2, 0.25) is 0 Å². The summed E-state index contributed by atoms with van der Waals surface area (Å²) in [5.41, 5.74) is 14.7. The van der Waals surface area contributed by atoms with E-state index in [9.17, 15) is 0 Å². The Balaban J connectivity index is 1.00. The smallest absolute Gasteiger partial charge is 0.158 e. The molecule has 0 bridgehead atoms. The standard InChI is InChI=1S/C50H34N2O/c1-3-9-35(10-4-1)37-15-24-42(25-16-37)51(43-26-17-38(18-27-43)36-11-5-2-6-12-36)44-28-19-39(20-29-44)40-21-30-45(31-22-40)52-48-14-8-7-13-46(48)47-32-23-41-33-34-53-50(41)49(47)52/h1-34H. The molecule has 0 aliphatic rings. The number of fused-ring (bicyclic) bond motifs is 5. The number of hydrogen-bond acceptors (Lipinski definition) is 2. The number of benzene rings is 8. The van der Waals surface area contributed by atoms with Crippen molar-refractivity contribution in [2.75, 3.05) is 4.90 Å². The molecule has 0 N–H and O–H groups in total. The molecule has 3 heteroatoms. The van der Waals surface area contributed by atoms with E-state index in [0.717, 1.165) is 55.9 Å². The van der Waals surface area contributed by atoms with Crippen LogP contribution >= 0.6 is 0 Å². The van der Waals surface area contributed by atoms with Gasteiger partial charge < -0.3 is 13.9 Å². The Morgan fingerprint density at radius 2 is 0.811 bits per heavy atom. The molecule has 10 aromatic rings. The maximum atomic E-state index is 6.04. The van der Waals surface area contributed by atoms with Gasteiger partial charge >= 0.3 is 0 Å². The normalized spacial score (nSPS) is 11.4. The van der Waals surface area contributed by atoms with Crippen molar-refractivity contribution in [2.24, 2.45) is 0 Å². The number of rotatable bonds is 7. The van der Waals surface area contributed by atoms with Gasteiger partial charge in [0.05, 0.1) is 17.3 Å². The van der Waals surface area contributed by atoms with E-state index >= 15 is 0 Å². The zero-order valence-corrected chi connectivity index (χ0v) is 28.9. The van der Waals surface area contributed by atoms with E-state index < -0.39 is 0 Å². The van der Waals surface area contributed by atoms with Crippen molar-refractivity contribution in [1.82, 2.24) is 4.57 Å². The third-order valence-electron chi connectivity index (χ3n) is 10.3. The second kappa shape index (κ2) is 12.9. The lowest BCUT2D eigenvalue weighted by atomic mass is 10.0. The molecule has 0 saturated carbocycles. The summed E-state index contributed by atoms with van der Waals surface area (Å²) in [7, 11) is 0. The summed E-state index contributed by atoms with van der Waals surface area (Å²) in [4.78, 5) is 2.33. The fraction of sp³-hybridized carbons (Fsp3) is 0. The van der Waals surface area contributed by atoms with Crippen LogP contribution in [0.3, 0.4) is 0 Å². The lowest BCUT2D eigenvalue weighted by molar-refractivity contribution is 0.618. The zero-order chi connectivity index (χ0) is 35.1. The molecule has 0 fully saturated rings. The Morgan fingerprint density at radius 1 is 0.358 bits per heavy atom. The molecule has 53 heavy (non-hydrogen) atoms. The number of furan rings is 1. The summed E-state index contributed by atoms with van der Waals surface area (Å²) in [5, 5.41) is 3.51. The number of hydrogen-bond donors (Lipinski definition) is 0. The maximum absolute atomic E-state index is 6.04. The summed E-state index contributed by atoms with van der Waals surface area (Å²) in [6, 6.07) is 71.5. The van der Waals surface area contributed by atoms with Gasteiger partial charge in [0, 0.05) is 38.9 Å². The fourth-order valence-corrected chi connectivity index (χ4v) is 7.66. The molecule has 0 amide bonds. The molecular weight excluding hydrogens is 645 g/mol. The summed E-state index contributed by atoms with van der Waals surface area (Å²) in [6.07, 6.45) is 1.78. The van der Waals surface area contributed by atoms with E-state index in [1.165, 1.54) is 33.0 Å². The van der Waals surface area contributed by atoms with Crippen LogP contribution in [0.5, 0.6) is 0 Å². The predicted molar refractivity (Wildman–Crippen MR) is 222 cm³/mol. The molecule has 0 atom stereocenters. The van der Waals surface area contributed by atoms with Gasteiger partial charge in [0.1, 0.15) is 0 Å². The Morgan fingerprint density at radius 3 is 1.34 bits per heavy atom. The first-order chi connectivity index (χ1) is 26.3. The van der Waals surface area contributed by atoms with Gasteiger partial charge in [-0.2, -0.15) is 0 Å². The summed E-state index contributed by atoms with van der Waals surface area (Å²) >= 11 is 0. The van der Waals surface area contributed by atoms with Crippen LogP contribution in [-0.4, -0.2) is 4.57 Å². The van der Waals surface area contributed by atoms with Crippen molar-refractivity contribution in [3.63, 3.8) is 0 Å². The van der Waals surface area contributed by atoms with Crippen molar-refractivity contribution in [3.05, 3.63) is 206 Å². The highest BCUT2D eigenvalue weighted by Gasteiger charge is 2.17. The highest BCUT2D eigenvalue weighted by Crippen LogP contribution is 2.39. The van der Waals surface area contributed by atoms with E-state index in [-0.39, 0.29) is 0 Å². The molecule has 0 unspecified atom stereocenters. The van der Waals surface area contributed by atoms with Crippen LogP contribution in [-0.2, 0) is 0 Å². The molecule has 3 nitrogen and oxygen atoms in total. The van der Waals surface area contributed by atoms with E-state index in [4.69, 9.17) is 4.42 Å². The molecular formula is C50H34N2O. The lowest BCUT2D eigenvalue weighted by Gasteiger charge is -2.26. The molecule has 2 heterocycles. The largest absolute Gasteiger partial charge is 0.462 e. The molecule has 0 radical (unpaired) electrons. The van der Waals surface area contributed by atoms with Crippen LogP contribution in [0.15, 0.2) is 211 Å². The van der Waals surface area contributed by atoms with E-state index in [2.05, 4.69) is 204 Å². The molecule has 0 saturated heterocycles. The number of aromatic nitrogens is 1. The van der Waals surface area contributed by atoms with Gasteiger partial charge in [-0.3, -0.25) is 0 Å². The number of anilines is 3. The second-order valence-electron chi connectivity index (χ2n) is 13.4. The van der Waals surface area contributed by atoms with Gasteiger partial charge in [-0.05, 0) is 94.0 Å². The van der Waals surface area contributed by atoms with Crippen LogP contribution in [0.25, 0.3) is 71.8 Å². The Kier molecular flexibility index (Phi) is 7.47. The molecule has 2 aromatic heterocycles. The van der Waals surface area contributed by atoms with Crippen LogP contribution < -0.4 is 4.90 Å². The van der Waals surface area contributed by atoms with E-state index in [0.29, 0.717) is 0 Å². The Labute approximate surface area is 308 Å². The average molecular weight is 679 g/mol. The van der Waals surface area contributed by atoms with Crippen molar-refractivity contribution in [2.45, 2.75) is 0 Å². The zero-order valence-electron chi connectivity index (χ0n) is 28.9. The van der Waals surface area contributed by atoms with Gasteiger partial charge in [-0.25, -0.2) is 0 Å². The van der Waals surface area contributed by atoms with Gasteiger partial charge in [-0.1, -0.05) is 140 Å². The van der Waals surface area contributed by atoms with E-state index in [1.807, 2.05) is 6.07 Å². The Hall–Kier alpha value is -7.10. The van der Waals surface area contributed by atoms with Crippen LogP contribution in [0, 0.1) is 0 Å². The third-order valence-corrected chi connectivity index (χ3v) is 10.3. The molecule has 8 aromatic carbocycles. The highest BCUT2D eigenvalue weighted by atomic mass is 16.3. The van der Waals surface area contributed by atoms with Gasteiger partial charge in [-0.15, -0.1) is 0 Å². The molecule has 250 valence electrons. The van der Waals surface area contributed by atoms with Crippen molar-refractivity contribution in [3.8, 4) is 39.1 Å². The number of para-hydroxylation sites is 1. The first-order valence-corrected chi connectivity index (χ1v) is 18.0. The second-order valence-corrected chi connectivity index (χ2v) is 13.4. The quantitative estimate of drug-likeness (QED) is 0.167. The predicted octanol–water partition coefficient (Wildman–Crippen LogP) is 14.0. The fourth-order valence-electron chi connectivity index (χ4n) is 7.66. The minimum Gasteiger partial charge on any atom is -0.462 e. The maximum Gasteiger partial charge on any atom is 0.158 e. The van der Waals surface area contributed by atoms with Gasteiger partial charge in [0.2, 0.25) is 0 Å². The lowest BCUT2D eigenvalue weighted by Crippen LogP contribution is -2.09. The van der Waals surface area contributed by atoms with Crippen LogP contribution in [0.1, 0.15) is 0 Å². The van der Waals surface area contributed by atoms with Crippen LogP contribution in [0.4, 0.5) is 17.1 Å². The topological polar surface area (TPSA) is 21.3 Å². The third kappa shape index (κ3) is 5.47. The van der Waals surface area contributed by atoms with Gasteiger partial charge in [0.25, 0.3) is 0 Å². The van der Waals surface area contributed by atoms with Crippen molar-refractivity contribution in [1.29, 1.82) is 0 Å². The average Bonchev–Trinajstić information content (AvgIpc) is 3.86. The minimum absolute atomic E-state index is 0.910. The molecule has 0 aliphatic carbocycles. The molecule has 0 aliphatic heterocycles. The molecule has 10 rings (SSSR count). The first kappa shape index (κ1) is 30.7. The first-order valence-electron chi connectivity index (χ1n) is 18.0. The van der Waals surface area contributed by atoms with Gasteiger partial charge in [0.15, 0.2) is 5.58 Å².